The normalized spacial score (nSPS) is 23.0. The number of nitrogens with zero attached hydrogens (tertiary/aromatic N) is 1. The van der Waals surface area contributed by atoms with Gasteiger partial charge in [-0.05, 0) is 30.8 Å². The Bertz CT molecular complexity index is 414. The smallest absolute Gasteiger partial charge is 0.126 e. The lowest BCUT2D eigenvalue weighted by molar-refractivity contribution is -0.0825. The molecule has 0 bridgehead atoms. The molecule has 0 saturated carbocycles. The summed E-state index contributed by atoms with van der Waals surface area (Å²) in [7, 11) is 1.94. The first kappa shape index (κ1) is 13.4. The number of likely N-dealkylation sites (N-methyl/N-ethyl adjacent to an activating group) is 1. The van der Waals surface area contributed by atoms with Crippen molar-refractivity contribution in [3.05, 3.63) is 35.4 Å². The SMILES string of the molecule is CN1CCOC(C(O)Cc2cc(F)ccc2F)C1. The van der Waals surface area contributed by atoms with E-state index in [2.05, 4.69) is 0 Å². The molecule has 0 radical (unpaired) electrons. The maximum Gasteiger partial charge on any atom is 0.126 e. The Morgan fingerprint density at radius 2 is 2.28 bits per heavy atom. The molecule has 1 N–H and O–H groups in total. The second-order valence-electron chi connectivity index (χ2n) is 4.68. The molecule has 1 aromatic carbocycles. The van der Waals surface area contributed by atoms with Crippen LogP contribution >= 0.6 is 0 Å². The quantitative estimate of drug-likeness (QED) is 0.883. The Morgan fingerprint density at radius 3 is 3.00 bits per heavy atom. The summed E-state index contributed by atoms with van der Waals surface area (Å²) >= 11 is 0. The van der Waals surface area contributed by atoms with Gasteiger partial charge in [-0.15, -0.1) is 0 Å². The summed E-state index contributed by atoms with van der Waals surface area (Å²) in [6.07, 6.45) is -1.13. The van der Waals surface area contributed by atoms with Crippen molar-refractivity contribution >= 4 is 0 Å². The van der Waals surface area contributed by atoms with Crippen LogP contribution < -0.4 is 0 Å². The van der Waals surface area contributed by atoms with Gasteiger partial charge in [-0.1, -0.05) is 0 Å². The summed E-state index contributed by atoms with van der Waals surface area (Å²) in [5.74, 6) is -1.00. The van der Waals surface area contributed by atoms with E-state index < -0.39 is 17.7 Å². The average molecular weight is 257 g/mol. The molecule has 1 aliphatic heterocycles. The van der Waals surface area contributed by atoms with Crippen LogP contribution in [-0.4, -0.2) is 49.0 Å². The van der Waals surface area contributed by atoms with Gasteiger partial charge in [-0.25, -0.2) is 8.78 Å². The molecule has 2 unspecified atom stereocenters. The van der Waals surface area contributed by atoms with Gasteiger partial charge in [-0.2, -0.15) is 0 Å². The van der Waals surface area contributed by atoms with E-state index in [4.69, 9.17) is 4.74 Å². The van der Waals surface area contributed by atoms with Crippen molar-refractivity contribution in [1.29, 1.82) is 0 Å². The minimum atomic E-state index is -0.830. The van der Waals surface area contributed by atoms with E-state index in [-0.39, 0.29) is 18.1 Å². The van der Waals surface area contributed by atoms with E-state index in [1.165, 1.54) is 0 Å². The third-order valence-corrected chi connectivity index (χ3v) is 3.16. The summed E-state index contributed by atoms with van der Waals surface area (Å²) in [4.78, 5) is 2.04. The molecular formula is C13H17F2NO2. The van der Waals surface area contributed by atoms with Gasteiger partial charge in [0.15, 0.2) is 0 Å². The molecule has 1 saturated heterocycles. The summed E-state index contributed by atoms with van der Waals surface area (Å²) in [6.45, 7) is 1.96. The molecule has 0 amide bonds. The number of hydrogen-bond acceptors (Lipinski definition) is 3. The van der Waals surface area contributed by atoms with Gasteiger partial charge in [-0.3, -0.25) is 0 Å². The van der Waals surface area contributed by atoms with Gasteiger partial charge in [0.1, 0.15) is 11.6 Å². The van der Waals surface area contributed by atoms with E-state index in [0.717, 1.165) is 24.7 Å². The molecule has 3 nitrogen and oxygen atoms in total. The number of aliphatic hydroxyl groups is 1. The summed E-state index contributed by atoms with van der Waals surface area (Å²) < 4.78 is 31.9. The molecule has 0 spiro atoms. The van der Waals surface area contributed by atoms with Crippen LogP contribution in [0.2, 0.25) is 0 Å². The van der Waals surface area contributed by atoms with Crippen molar-refractivity contribution < 1.29 is 18.6 Å². The molecule has 1 fully saturated rings. The largest absolute Gasteiger partial charge is 0.390 e. The van der Waals surface area contributed by atoms with Gasteiger partial charge in [0.05, 0.1) is 18.8 Å². The van der Waals surface area contributed by atoms with E-state index in [9.17, 15) is 13.9 Å². The summed E-state index contributed by atoms with van der Waals surface area (Å²) in [6, 6.07) is 3.26. The van der Waals surface area contributed by atoms with Crippen molar-refractivity contribution in [3.63, 3.8) is 0 Å². The van der Waals surface area contributed by atoms with Crippen molar-refractivity contribution in [2.24, 2.45) is 0 Å². The number of benzene rings is 1. The van der Waals surface area contributed by atoms with Gasteiger partial charge in [0.2, 0.25) is 0 Å². The molecular weight excluding hydrogens is 240 g/mol. The van der Waals surface area contributed by atoms with Crippen LogP contribution in [0.15, 0.2) is 18.2 Å². The Labute approximate surface area is 105 Å². The van der Waals surface area contributed by atoms with Crippen LogP contribution in [0.4, 0.5) is 8.78 Å². The minimum absolute atomic E-state index is 0.0576. The number of hydrogen-bond donors (Lipinski definition) is 1. The highest BCUT2D eigenvalue weighted by molar-refractivity contribution is 5.19. The average Bonchev–Trinajstić information content (AvgIpc) is 2.34. The minimum Gasteiger partial charge on any atom is -0.390 e. The zero-order valence-corrected chi connectivity index (χ0v) is 10.3. The summed E-state index contributed by atoms with van der Waals surface area (Å²) in [5, 5.41) is 10.0. The second kappa shape index (κ2) is 5.73. The van der Waals surface area contributed by atoms with Crippen molar-refractivity contribution in [2.75, 3.05) is 26.7 Å². The first-order chi connectivity index (χ1) is 8.56. The zero-order chi connectivity index (χ0) is 13.1. The summed E-state index contributed by atoms with van der Waals surface area (Å²) in [5.41, 5.74) is 0.180. The third-order valence-electron chi connectivity index (χ3n) is 3.16. The molecule has 0 aromatic heterocycles. The van der Waals surface area contributed by atoms with Crippen LogP contribution in [0.25, 0.3) is 0 Å². The predicted octanol–water partition coefficient (Wildman–Crippen LogP) is 1.20. The maximum absolute atomic E-state index is 13.4. The Morgan fingerprint density at radius 1 is 1.50 bits per heavy atom. The van der Waals surface area contributed by atoms with Gasteiger partial charge < -0.3 is 14.7 Å². The van der Waals surface area contributed by atoms with Crippen LogP contribution in [0.3, 0.4) is 0 Å². The van der Waals surface area contributed by atoms with Crippen LogP contribution in [0.1, 0.15) is 5.56 Å². The molecule has 1 aromatic rings. The Hall–Kier alpha value is -1.04. The second-order valence-corrected chi connectivity index (χ2v) is 4.68. The number of ether oxygens (including phenoxy) is 1. The third kappa shape index (κ3) is 3.25. The van der Waals surface area contributed by atoms with Crippen LogP contribution in [0, 0.1) is 11.6 Å². The monoisotopic (exact) mass is 257 g/mol. The van der Waals surface area contributed by atoms with E-state index in [0.29, 0.717) is 13.2 Å². The molecule has 1 aliphatic rings. The lowest BCUT2D eigenvalue weighted by Crippen LogP contribution is -2.46. The fourth-order valence-corrected chi connectivity index (χ4v) is 2.10. The topological polar surface area (TPSA) is 32.7 Å². The van der Waals surface area contributed by atoms with E-state index in [1.54, 1.807) is 0 Å². The molecule has 2 rings (SSSR count). The molecule has 5 heteroatoms. The standard InChI is InChI=1S/C13H17F2NO2/c1-16-4-5-18-13(8-16)12(17)7-9-6-10(14)2-3-11(9)15/h2-3,6,12-13,17H,4-5,7-8H2,1H3. The van der Waals surface area contributed by atoms with Crippen molar-refractivity contribution in [3.8, 4) is 0 Å². The zero-order valence-electron chi connectivity index (χ0n) is 10.3. The molecule has 2 atom stereocenters. The highest BCUT2D eigenvalue weighted by Gasteiger charge is 2.26. The molecule has 1 heterocycles. The van der Waals surface area contributed by atoms with Crippen molar-refractivity contribution in [1.82, 2.24) is 4.90 Å². The van der Waals surface area contributed by atoms with Gasteiger partial charge in [0, 0.05) is 19.5 Å². The van der Waals surface area contributed by atoms with Crippen LogP contribution in [-0.2, 0) is 11.2 Å². The lowest BCUT2D eigenvalue weighted by atomic mass is 10.0. The fraction of sp³-hybridized carbons (Fsp3) is 0.538. The number of halogens is 2. The maximum atomic E-state index is 13.4. The molecule has 0 aliphatic carbocycles. The number of rotatable bonds is 3. The predicted molar refractivity (Wildman–Crippen MR) is 63.3 cm³/mol. The Balaban J connectivity index is 2.01. The van der Waals surface area contributed by atoms with Gasteiger partial charge in [0.25, 0.3) is 0 Å². The van der Waals surface area contributed by atoms with Gasteiger partial charge >= 0.3 is 0 Å². The van der Waals surface area contributed by atoms with Crippen LogP contribution in [0.5, 0.6) is 0 Å². The molecule has 18 heavy (non-hydrogen) atoms. The number of morpholine rings is 1. The highest BCUT2D eigenvalue weighted by Crippen LogP contribution is 2.16. The first-order valence-electron chi connectivity index (χ1n) is 5.98. The highest BCUT2D eigenvalue weighted by atomic mass is 19.1. The number of aliphatic hydroxyl groups excluding tert-OH is 1. The van der Waals surface area contributed by atoms with Crippen molar-refractivity contribution in [2.45, 2.75) is 18.6 Å². The Kier molecular flexibility index (Phi) is 4.27. The van der Waals surface area contributed by atoms with E-state index >= 15 is 0 Å². The fourth-order valence-electron chi connectivity index (χ4n) is 2.10. The lowest BCUT2D eigenvalue weighted by Gasteiger charge is -2.33. The molecule has 100 valence electrons. The first-order valence-corrected chi connectivity index (χ1v) is 5.98. The van der Waals surface area contributed by atoms with E-state index in [1.807, 2.05) is 11.9 Å².